The Morgan fingerprint density at radius 3 is 3.06 bits per heavy atom. The molecule has 0 aliphatic heterocycles. The molecule has 8 heteroatoms. The van der Waals surface area contributed by atoms with Gasteiger partial charge in [0.05, 0.1) is 6.54 Å². The molecule has 0 spiro atoms. The third-order valence-electron chi connectivity index (χ3n) is 1.72. The van der Waals surface area contributed by atoms with Crippen LogP contribution in [-0.4, -0.2) is 25.1 Å². The fraction of sp³-hybridized carbons (Fsp3) is 0.125. The van der Waals surface area contributed by atoms with Crippen molar-refractivity contribution >= 4 is 23.2 Å². The lowest BCUT2D eigenvalue weighted by Crippen LogP contribution is -2.13. The zero-order valence-electron chi connectivity index (χ0n) is 8.12. The van der Waals surface area contributed by atoms with Gasteiger partial charge in [0.15, 0.2) is 5.82 Å². The molecule has 0 amide bonds. The van der Waals surface area contributed by atoms with Crippen LogP contribution in [0.15, 0.2) is 23.2 Å². The van der Waals surface area contributed by atoms with Gasteiger partial charge in [-0.1, -0.05) is 17.4 Å². The monoisotopic (exact) mass is 236 g/mol. The summed E-state index contributed by atoms with van der Waals surface area (Å²) in [4.78, 5) is 12.2. The molecule has 82 valence electrons. The Balaban J connectivity index is 2.04. The Bertz CT molecular complexity index is 485. The molecule has 3 N–H and O–H groups in total. The third kappa shape index (κ3) is 2.48. The van der Waals surface area contributed by atoms with E-state index in [9.17, 15) is 0 Å². The van der Waals surface area contributed by atoms with Crippen LogP contribution in [0.3, 0.4) is 0 Å². The fourth-order valence-corrected chi connectivity index (χ4v) is 1.12. The summed E-state index contributed by atoms with van der Waals surface area (Å²) in [5, 5.41) is 6.55. The van der Waals surface area contributed by atoms with Crippen molar-refractivity contribution in [2.45, 2.75) is 6.54 Å². The minimum Gasteiger partial charge on any atom is -0.388 e. The molecule has 0 bridgehead atoms. The highest BCUT2D eigenvalue weighted by Gasteiger charge is 2.03. The molecule has 0 saturated heterocycles. The SMILES string of the molecule is NC(=S)c1ccnc(NCc2ncon2)n1. The van der Waals surface area contributed by atoms with E-state index in [-0.39, 0.29) is 4.99 Å². The first kappa shape index (κ1) is 10.4. The molecular formula is C8H8N6OS. The van der Waals surface area contributed by atoms with Gasteiger partial charge in [0, 0.05) is 6.20 Å². The largest absolute Gasteiger partial charge is 0.388 e. The number of nitrogens with one attached hydrogen (secondary N) is 1. The lowest BCUT2D eigenvalue weighted by atomic mass is 10.4. The first-order chi connectivity index (χ1) is 7.75. The first-order valence-electron chi connectivity index (χ1n) is 4.37. The molecule has 2 rings (SSSR count). The van der Waals surface area contributed by atoms with Crippen LogP contribution in [-0.2, 0) is 6.54 Å². The van der Waals surface area contributed by atoms with E-state index in [0.717, 1.165) is 0 Å². The number of rotatable bonds is 4. The Hall–Kier alpha value is -2.09. The molecule has 0 unspecified atom stereocenters. The summed E-state index contributed by atoms with van der Waals surface area (Å²) in [6.07, 6.45) is 2.82. The molecule has 0 saturated carbocycles. The topological polar surface area (TPSA) is 103 Å². The Labute approximate surface area is 96.1 Å². The van der Waals surface area contributed by atoms with Crippen LogP contribution >= 0.6 is 12.2 Å². The van der Waals surface area contributed by atoms with Gasteiger partial charge < -0.3 is 15.6 Å². The highest BCUT2D eigenvalue weighted by molar-refractivity contribution is 7.80. The minimum absolute atomic E-state index is 0.227. The van der Waals surface area contributed by atoms with Crippen molar-refractivity contribution in [3.8, 4) is 0 Å². The second kappa shape index (κ2) is 4.62. The average Bonchev–Trinajstić information content (AvgIpc) is 2.79. The molecular weight excluding hydrogens is 228 g/mol. The van der Waals surface area contributed by atoms with Crippen LogP contribution in [0.1, 0.15) is 11.5 Å². The molecule has 2 aromatic heterocycles. The van der Waals surface area contributed by atoms with Gasteiger partial charge in [-0.3, -0.25) is 0 Å². The summed E-state index contributed by atoms with van der Waals surface area (Å²) in [6, 6.07) is 1.64. The van der Waals surface area contributed by atoms with E-state index in [1.807, 2.05) is 0 Å². The number of hydrogen-bond donors (Lipinski definition) is 2. The third-order valence-corrected chi connectivity index (χ3v) is 1.93. The molecule has 7 nitrogen and oxygen atoms in total. The molecule has 0 aliphatic carbocycles. The molecule has 0 atom stereocenters. The van der Waals surface area contributed by atoms with Gasteiger partial charge in [-0.05, 0) is 6.07 Å². The maximum Gasteiger partial charge on any atom is 0.223 e. The van der Waals surface area contributed by atoms with Crippen molar-refractivity contribution in [3.63, 3.8) is 0 Å². The van der Waals surface area contributed by atoms with Crippen LogP contribution in [0.25, 0.3) is 0 Å². The highest BCUT2D eigenvalue weighted by Crippen LogP contribution is 2.01. The van der Waals surface area contributed by atoms with E-state index < -0.39 is 0 Å². The number of anilines is 1. The Morgan fingerprint density at radius 1 is 1.50 bits per heavy atom. The van der Waals surface area contributed by atoms with Crippen molar-refractivity contribution < 1.29 is 4.52 Å². The molecule has 2 aromatic rings. The maximum atomic E-state index is 5.45. The van der Waals surface area contributed by atoms with Crippen molar-refractivity contribution in [2.75, 3.05) is 5.32 Å². The number of aromatic nitrogens is 4. The number of hydrogen-bond acceptors (Lipinski definition) is 7. The van der Waals surface area contributed by atoms with E-state index in [0.29, 0.717) is 24.0 Å². The summed E-state index contributed by atoms with van der Waals surface area (Å²) >= 11 is 4.81. The lowest BCUT2D eigenvalue weighted by molar-refractivity contribution is 0.411. The van der Waals surface area contributed by atoms with Crippen LogP contribution in [0.2, 0.25) is 0 Å². The van der Waals surface area contributed by atoms with E-state index in [2.05, 4.69) is 29.9 Å². The van der Waals surface area contributed by atoms with Gasteiger partial charge >= 0.3 is 0 Å². The van der Waals surface area contributed by atoms with Gasteiger partial charge in [0.2, 0.25) is 12.3 Å². The number of thiocarbonyl (C=S) groups is 1. The van der Waals surface area contributed by atoms with Gasteiger partial charge in [0.1, 0.15) is 10.7 Å². The molecule has 2 heterocycles. The molecule has 0 radical (unpaired) electrons. The Morgan fingerprint density at radius 2 is 2.38 bits per heavy atom. The zero-order valence-corrected chi connectivity index (χ0v) is 8.94. The predicted octanol–water partition coefficient (Wildman–Crippen LogP) is 0.106. The van der Waals surface area contributed by atoms with Crippen molar-refractivity contribution in [1.82, 2.24) is 20.1 Å². The fourth-order valence-electron chi connectivity index (χ4n) is 1.01. The summed E-state index contributed by atoms with van der Waals surface area (Å²) in [5.41, 5.74) is 5.96. The number of nitrogens with zero attached hydrogens (tertiary/aromatic N) is 4. The quantitative estimate of drug-likeness (QED) is 0.721. The second-order valence-corrected chi connectivity index (χ2v) is 3.27. The normalized spacial score (nSPS) is 10.0. The van der Waals surface area contributed by atoms with Gasteiger partial charge in [-0.15, -0.1) is 0 Å². The molecule has 0 fully saturated rings. The standard InChI is InChI=1S/C8H8N6OS/c9-7(16)5-1-2-10-8(13-5)11-3-6-12-4-15-14-6/h1-2,4H,3H2,(H2,9,16)(H,10,11,13). The van der Waals surface area contributed by atoms with Gasteiger partial charge in [-0.2, -0.15) is 4.98 Å². The van der Waals surface area contributed by atoms with E-state index in [1.54, 1.807) is 12.3 Å². The van der Waals surface area contributed by atoms with Crippen LogP contribution in [0.4, 0.5) is 5.95 Å². The average molecular weight is 236 g/mol. The van der Waals surface area contributed by atoms with Crippen molar-refractivity contribution in [3.05, 3.63) is 30.2 Å². The van der Waals surface area contributed by atoms with Crippen LogP contribution < -0.4 is 11.1 Å². The molecule has 0 aliphatic rings. The maximum absolute atomic E-state index is 5.45. The summed E-state index contributed by atoms with van der Waals surface area (Å²) in [7, 11) is 0. The smallest absolute Gasteiger partial charge is 0.223 e. The van der Waals surface area contributed by atoms with E-state index in [4.69, 9.17) is 18.0 Å². The van der Waals surface area contributed by atoms with Crippen LogP contribution in [0.5, 0.6) is 0 Å². The summed E-state index contributed by atoms with van der Waals surface area (Å²) in [5.74, 6) is 0.930. The van der Waals surface area contributed by atoms with Crippen molar-refractivity contribution in [1.29, 1.82) is 0 Å². The van der Waals surface area contributed by atoms with Crippen LogP contribution in [0, 0.1) is 0 Å². The van der Waals surface area contributed by atoms with Gasteiger partial charge in [-0.25, -0.2) is 9.97 Å². The molecule has 16 heavy (non-hydrogen) atoms. The lowest BCUT2D eigenvalue weighted by Gasteiger charge is -2.02. The van der Waals surface area contributed by atoms with E-state index in [1.165, 1.54) is 6.39 Å². The summed E-state index contributed by atoms with van der Waals surface area (Å²) in [6.45, 7) is 0.372. The second-order valence-electron chi connectivity index (χ2n) is 2.83. The van der Waals surface area contributed by atoms with E-state index >= 15 is 0 Å². The molecule has 0 aromatic carbocycles. The predicted molar refractivity (Wildman–Crippen MR) is 59.5 cm³/mol. The highest BCUT2D eigenvalue weighted by atomic mass is 32.1. The number of nitrogens with two attached hydrogens (primary N) is 1. The minimum atomic E-state index is 0.227. The first-order valence-corrected chi connectivity index (χ1v) is 4.78. The summed E-state index contributed by atoms with van der Waals surface area (Å²) < 4.78 is 4.58. The Kier molecular flexibility index (Phi) is 3.01. The zero-order chi connectivity index (χ0) is 11.4. The van der Waals surface area contributed by atoms with Gasteiger partial charge in [0.25, 0.3) is 0 Å². The van der Waals surface area contributed by atoms with Crippen molar-refractivity contribution in [2.24, 2.45) is 5.73 Å².